The predicted octanol–water partition coefficient (Wildman–Crippen LogP) is -0.887. The van der Waals surface area contributed by atoms with Crippen LogP contribution in [0.3, 0.4) is 0 Å². The second-order valence-corrected chi connectivity index (χ2v) is 6.47. The molecule has 0 saturated heterocycles. The summed E-state index contributed by atoms with van der Waals surface area (Å²) in [5.41, 5.74) is 6.79. The van der Waals surface area contributed by atoms with Crippen molar-refractivity contribution in [3.63, 3.8) is 0 Å². The molecule has 0 radical (unpaired) electrons. The van der Waals surface area contributed by atoms with Crippen molar-refractivity contribution in [1.29, 1.82) is 0 Å². The third-order valence-electron chi connectivity index (χ3n) is 3.17. The smallest absolute Gasteiger partial charge is 0.243 e. The minimum atomic E-state index is -3.58. The lowest BCUT2D eigenvalue weighted by Gasteiger charge is -2.20. The van der Waals surface area contributed by atoms with Crippen LogP contribution in [0.25, 0.3) is 0 Å². The van der Waals surface area contributed by atoms with Gasteiger partial charge in [0.2, 0.25) is 15.9 Å². The molecule has 1 heterocycles. The first-order valence-corrected chi connectivity index (χ1v) is 8.16. The van der Waals surface area contributed by atoms with Crippen molar-refractivity contribution in [3.8, 4) is 0 Å². The van der Waals surface area contributed by atoms with Gasteiger partial charge in [0.05, 0.1) is 11.5 Å². The molecule has 8 heteroatoms. The minimum Gasteiger partial charge on any atom is -0.370 e. The average molecular weight is 313 g/mol. The van der Waals surface area contributed by atoms with E-state index in [1.165, 1.54) is 0 Å². The molecule has 1 aromatic carbocycles. The summed E-state index contributed by atoms with van der Waals surface area (Å²) in [6.45, 7) is 1.42. The number of primary amides is 1. The van der Waals surface area contributed by atoms with Crippen molar-refractivity contribution in [2.24, 2.45) is 5.73 Å². The van der Waals surface area contributed by atoms with E-state index in [-0.39, 0.29) is 19.8 Å². The van der Waals surface area contributed by atoms with Crippen molar-refractivity contribution in [2.45, 2.75) is 17.9 Å². The van der Waals surface area contributed by atoms with E-state index in [4.69, 9.17) is 10.5 Å². The molecular formula is C13H19N3O4S. The largest absolute Gasteiger partial charge is 0.370 e. The maximum atomic E-state index is 12.3. The fourth-order valence-electron chi connectivity index (χ4n) is 2.25. The molecule has 0 aromatic heterocycles. The van der Waals surface area contributed by atoms with Crippen molar-refractivity contribution in [3.05, 3.63) is 29.3 Å². The molecule has 0 aliphatic carbocycles. The van der Waals surface area contributed by atoms with Gasteiger partial charge in [-0.15, -0.1) is 0 Å². The van der Waals surface area contributed by atoms with E-state index in [0.717, 1.165) is 17.7 Å². The molecule has 0 unspecified atom stereocenters. The Balaban J connectivity index is 2.01. The fraction of sp³-hybridized carbons (Fsp3) is 0.462. The summed E-state index contributed by atoms with van der Waals surface area (Å²) in [6, 6.07) is 5.28. The number of amides is 1. The van der Waals surface area contributed by atoms with Crippen LogP contribution in [0.2, 0.25) is 0 Å². The number of fused-ring (bicyclic) bond motifs is 1. The molecule has 0 spiro atoms. The van der Waals surface area contributed by atoms with Gasteiger partial charge >= 0.3 is 0 Å². The first kappa shape index (κ1) is 15.9. The summed E-state index contributed by atoms with van der Waals surface area (Å²) < 4.78 is 32.0. The van der Waals surface area contributed by atoms with Gasteiger partial charge in [-0.05, 0) is 30.2 Å². The lowest BCUT2D eigenvalue weighted by atomic mass is 10.0. The van der Waals surface area contributed by atoms with E-state index >= 15 is 0 Å². The highest BCUT2D eigenvalue weighted by molar-refractivity contribution is 7.89. The molecule has 0 atom stereocenters. The van der Waals surface area contributed by atoms with E-state index in [9.17, 15) is 13.2 Å². The maximum Gasteiger partial charge on any atom is 0.243 e. The third-order valence-corrected chi connectivity index (χ3v) is 4.72. The maximum absolute atomic E-state index is 12.3. The predicted molar refractivity (Wildman–Crippen MR) is 77.1 cm³/mol. The normalized spacial score (nSPS) is 14.7. The Morgan fingerprint density at radius 3 is 3.00 bits per heavy atom. The molecule has 1 amide bonds. The monoisotopic (exact) mass is 313 g/mol. The highest BCUT2D eigenvalue weighted by Gasteiger charge is 2.21. The summed E-state index contributed by atoms with van der Waals surface area (Å²) >= 11 is 0. The van der Waals surface area contributed by atoms with Gasteiger partial charge in [-0.3, -0.25) is 4.79 Å². The minimum absolute atomic E-state index is 0.0948. The van der Waals surface area contributed by atoms with E-state index < -0.39 is 15.9 Å². The Kier molecular flexibility index (Phi) is 5.29. The van der Waals surface area contributed by atoms with Crippen LogP contribution in [0.15, 0.2) is 23.1 Å². The summed E-state index contributed by atoms with van der Waals surface area (Å²) in [7, 11) is -3.58. The van der Waals surface area contributed by atoms with Crippen LogP contribution in [0.1, 0.15) is 11.1 Å². The van der Waals surface area contributed by atoms with Crippen LogP contribution in [-0.2, 0) is 32.5 Å². The number of nitrogens with one attached hydrogen (secondary N) is 2. The Labute approximate surface area is 123 Å². The summed E-state index contributed by atoms with van der Waals surface area (Å²) in [6.07, 6.45) is 0.685. The first-order valence-electron chi connectivity index (χ1n) is 6.68. The van der Waals surface area contributed by atoms with Gasteiger partial charge in [0.1, 0.15) is 6.61 Å². The number of hydrogen-bond acceptors (Lipinski definition) is 5. The van der Waals surface area contributed by atoms with Crippen molar-refractivity contribution in [2.75, 3.05) is 26.3 Å². The lowest BCUT2D eigenvalue weighted by Crippen LogP contribution is -2.31. The van der Waals surface area contributed by atoms with Gasteiger partial charge in [0.15, 0.2) is 0 Å². The van der Waals surface area contributed by atoms with Gasteiger partial charge in [-0.2, -0.15) is 0 Å². The van der Waals surface area contributed by atoms with Crippen LogP contribution in [-0.4, -0.2) is 40.6 Å². The topological polar surface area (TPSA) is 111 Å². The Morgan fingerprint density at radius 1 is 1.43 bits per heavy atom. The van der Waals surface area contributed by atoms with Crippen LogP contribution in [0.4, 0.5) is 0 Å². The zero-order valence-corrected chi connectivity index (χ0v) is 12.4. The number of carbonyl (C=O) groups is 1. The lowest BCUT2D eigenvalue weighted by molar-refractivity contribution is -0.122. The molecule has 1 aromatic rings. The SMILES string of the molecule is NC(=O)COCCNS(=O)(=O)c1cccc2c1CCNC2. The van der Waals surface area contributed by atoms with E-state index in [2.05, 4.69) is 10.0 Å². The average Bonchev–Trinajstić information content (AvgIpc) is 2.46. The van der Waals surface area contributed by atoms with Gasteiger partial charge in [0.25, 0.3) is 0 Å². The molecule has 4 N–H and O–H groups in total. The number of carbonyl (C=O) groups excluding carboxylic acids is 1. The summed E-state index contributed by atoms with van der Waals surface area (Å²) in [5, 5.41) is 3.21. The molecule has 0 bridgehead atoms. The van der Waals surface area contributed by atoms with Crippen LogP contribution in [0, 0.1) is 0 Å². The molecule has 0 fully saturated rings. The molecule has 21 heavy (non-hydrogen) atoms. The third kappa shape index (κ3) is 4.24. The number of hydrogen-bond donors (Lipinski definition) is 3. The molecule has 7 nitrogen and oxygen atoms in total. The van der Waals surface area contributed by atoms with E-state index in [0.29, 0.717) is 17.9 Å². The van der Waals surface area contributed by atoms with Crippen molar-refractivity contribution in [1.82, 2.24) is 10.0 Å². The molecule has 1 aliphatic heterocycles. The Morgan fingerprint density at radius 2 is 2.24 bits per heavy atom. The first-order chi connectivity index (χ1) is 10.0. The molecule has 0 saturated carbocycles. The zero-order valence-electron chi connectivity index (χ0n) is 11.6. The van der Waals surface area contributed by atoms with Gasteiger partial charge in [-0.1, -0.05) is 12.1 Å². The zero-order chi connectivity index (χ0) is 15.3. The highest BCUT2D eigenvalue weighted by atomic mass is 32.2. The fourth-order valence-corrected chi connectivity index (χ4v) is 3.57. The summed E-state index contributed by atoms with van der Waals surface area (Å²) in [5.74, 6) is -0.581. The van der Waals surface area contributed by atoms with Crippen molar-refractivity contribution >= 4 is 15.9 Å². The molecular weight excluding hydrogens is 294 g/mol. The van der Waals surface area contributed by atoms with Crippen LogP contribution in [0.5, 0.6) is 0 Å². The molecule has 2 rings (SSSR count). The number of ether oxygens (including phenoxy) is 1. The van der Waals surface area contributed by atoms with Gasteiger partial charge in [-0.25, -0.2) is 13.1 Å². The second-order valence-electron chi connectivity index (χ2n) is 4.74. The standard InChI is InChI=1S/C13H19N3O4S/c14-13(17)9-20-7-6-16-21(18,19)12-3-1-2-10-8-15-5-4-11(10)12/h1-3,15-16H,4-9H2,(H2,14,17). The Hall–Kier alpha value is -1.48. The van der Waals surface area contributed by atoms with E-state index in [1.54, 1.807) is 12.1 Å². The number of benzene rings is 1. The Bertz CT molecular complexity index is 616. The van der Waals surface area contributed by atoms with Gasteiger partial charge in [0, 0.05) is 13.1 Å². The highest BCUT2D eigenvalue weighted by Crippen LogP contribution is 2.22. The quantitative estimate of drug-likeness (QED) is 0.566. The number of rotatable bonds is 7. The molecule has 116 valence electrons. The second kappa shape index (κ2) is 6.99. The van der Waals surface area contributed by atoms with Gasteiger partial charge < -0.3 is 15.8 Å². The molecule has 1 aliphatic rings. The van der Waals surface area contributed by atoms with Crippen LogP contribution < -0.4 is 15.8 Å². The van der Waals surface area contributed by atoms with Crippen LogP contribution >= 0.6 is 0 Å². The summed E-state index contributed by atoms with van der Waals surface area (Å²) in [4.78, 5) is 10.8. The van der Waals surface area contributed by atoms with Crippen molar-refractivity contribution < 1.29 is 17.9 Å². The number of nitrogens with two attached hydrogens (primary N) is 1. The van der Waals surface area contributed by atoms with E-state index in [1.807, 2.05) is 6.07 Å². The number of sulfonamides is 1.